The van der Waals surface area contributed by atoms with E-state index >= 15 is 0 Å². The average molecular weight is 287 g/mol. The molecule has 0 radical (unpaired) electrons. The van der Waals surface area contributed by atoms with E-state index in [0.29, 0.717) is 18.9 Å². The van der Waals surface area contributed by atoms with Gasteiger partial charge in [0.15, 0.2) is 0 Å². The molecule has 1 rings (SSSR count). The number of benzene rings is 1. The molecule has 0 saturated heterocycles. The molecule has 1 aromatic carbocycles. The van der Waals surface area contributed by atoms with Crippen molar-refractivity contribution in [2.45, 2.75) is 32.7 Å². The lowest BCUT2D eigenvalue weighted by Gasteiger charge is -2.14. The topological polar surface area (TPSA) is 75.4 Å². The van der Waals surface area contributed by atoms with Gasteiger partial charge in [0, 0.05) is 6.54 Å². The second kappa shape index (κ2) is 8.77. The largest absolute Gasteiger partial charge is 0.508 e. The molecule has 5 heteroatoms. The van der Waals surface area contributed by atoms with Crippen LogP contribution in [0.15, 0.2) is 24.3 Å². The molecule has 1 aromatic rings. The molecule has 0 heterocycles. The van der Waals surface area contributed by atoms with E-state index in [4.69, 9.17) is 10.8 Å². The number of carbonyl (C=O) groups is 1. The van der Waals surface area contributed by atoms with Crippen LogP contribution in [0.1, 0.15) is 25.8 Å². The number of amides is 1. The van der Waals surface area contributed by atoms with Crippen LogP contribution in [0.2, 0.25) is 0 Å². The van der Waals surface area contributed by atoms with E-state index < -0.39 is 6.04 Å². The third-order valence-electron chi connectivity index (χ3n) is 2.71. The first-order valence-electron chi connectivity index (χ1n) is 6.30. The van der Waals surface area contributed by atoms with Crippen molar-refractivity contribution in [3.05, 3.63) is 29.8 Å². The smallest absolute Gasteiger partial charge is 0.236 e. The van der Waals surface area contributed by atoms with Crippen LogP contribution in [0.25, 0.3) is 0 Å². The van der Waals surface area contributed by atoms with E-state index in [9.17, 15) is 4.79 Å². The van der Waals surface area contributed by atoms with Crippen molar-refractivity contribution in [2.75, 3.05) is 6.54 Å². The molecular formula is C14H23ClN2O2. The third-order valence-corrected chi connectivity index (χ3v) is 2.71. The van der Waals surface area contributed by atoms with Crippen molar-refractivity contribution in [3.63, 3.8) is 0 Å². The molecule has 1 atom stereocenters. The van der Waals surface area contributed by atoms with Crippen molar-refractivity contribution in [1.29, 1.82) is 0 Å². The Labute approximate surface area is 120 Å². The Morgan fingerprint density at radius 3 is 2.42 bits per heavy atom. The zero-order chi connectivity index (χ0) is 13.5. The van der Waals surface area contributed by atoms with E-state index in [0.717, 1.165) is 12.0 Å². The molecule has 19 heavy (non-hydrogen) atoms. The highest BCUT2D eigenvalue weighted by Crippen LogP contribution is 2.09. The van der Waals surface area contributed by atoms with Crippen molar-refractivity contribution in [2.24, 2.45) is 11.7 Å². The van der Waals surface area contributed by atoms with Gasteiger partial charge in [-0.15, -0.1) is 12.4 Å². The molecule has 0 bridgehead atoms. The lowest BCUT2D eigenvalue weighted by molar-refractivity contribution is -0.122. The van der Waals surface area contributed by atoms with E-state index in [1.807, 2.05) is 26.0 Å². The number of hydrogen-bond acceptors (Lipinski definition) is 3. The second-order valence-corrected chi connectivity index (χ2v) is 4.94. The number of nitrogens with one attached hydrogen (secondary N) is 1. The summed E-state index contributed by atoms with van der Waals surface area (Å²) in [5, 5.41) is 12.0. The summed E-state index contributed by atoms with van der Waals surface area (Å²) in [6.07, 6.45) is 1.44. The van der Waals surface area contributed by atoms with Crippen LogP contribution in [0.3, 0.4) is 0 Å². The fourth-order valence-electron chi connectivity index (χ4n) is 1.74. The molecule has 0 saturated carbocycles. The van der Waals surface area contributed by atoms with Crippen LogP contribution in [-0.4, -0.2) is 23.6 Å². The van der Waals surface area contributed by atoms with Gasteiger partial charge in [-0.2, -0.15) is 0 Å². The maximum atomic E-state index is 11.6. The molecule has 4 N–H and O–H groups in total. The minimum atomic E-state index is -0.426. The van der Waals surface area contributed by atoms with Crippen LogP contribution in [0.5, 0.6) is 5.75 Å². The number of hydrogen-bond donors (Lipinski definition) is 3. The summed E-state index contributed by atoms with van der Waals surface area (Å²) in [5.74, 6) is 0.576. The highest BCUT2D eigenvalue weighted by Gasteiger charge is 2.13. The maximum absolute atomic E-state index is 11.6. The molecular weight excluding hydrogens is 264 g/mol. The normalized spacial score (nSPS) is 11.8. The Hall–Kier alpha value is -1.26. The van der Waals surface area contributed by atoms with Crippen LogP contribution in [-0.2, 0) is 11.2 Å². The number of rotatable bonds is 6. The first-order chi connectivity index (χ1) is 8.49. The van der Waals surface area contributed by atoms with E-state index in [-0.39, 0.29) is 24.1 Å². The van der Waals surface area contributed by atoms with E-state index in [1.54, 1.807) is 12.1 Å². The number of nitrogens with two attached hydrogens (primary N) is 1. The number of halogens is 1. The van der Waals surface area contributed by atoms with Crippen LogP contribution in [0, 0.1) is 5.92 Å². The number of carbonyl (C=O) groups excluding carboxylic acids is 1. The van der Waals surface area contributed by atoms with Gasteiger partial charge in [-0.1, -0.05) is 26.0 Å². The van der Waals surface area contributed by atoms with Gasteiger partial charge in [0.2, 0.25) is 5.91 Å². The summed E-state index contributed by atoms with van der Waals surface area (Å²) in [7, 11) is 0. The van der Waals surface area contributed by atoms with Gasteiger partial charge in [0.25, 0.3) is 0 Å². The minimum absolute atomic E-state index is 0. The standard InChI is InChI=1S/C14H22N2O2.ClH/c1-10(2)9-13(15)14(18)16-8-7-11-3-5-12(17)6-4-11;/h3-6,10,13,17H,7-9,15H2,1-2H3,(H,16,18);1H/t13-;/m0./s1. The molecule has 0 unspecified atom stereocenters. The van der Waals surface area contributed by atoms with Gasteiger partial charge in [0.05, 0.1) is 6.04 Å². The van der Waals surface area contributed by atoms with Gasteiger partial charge < -0.3 is 16.2 Å². The number of phenols is 1. The quantitative estimate of drug-likeness (QED) is 0.747. The lowest BCUT2D eigenvalue weighted by atomic mass is 10.0. The number of aromatic hydroxyl groups is 1. The zero-order valence-electron chi connectivity index (χ0n) is 11.4. The van der Waals surface area contributed by atoms with Gasteiger partial charge >= 0.3 is 0 Å². The van der Waals surface area contributed by atoms with Gasteiger partial charge in [-0.05, 0) is 36.5 Å². The van der Waals surface area contributed by atoms with Crippen molar-refractivity contribution in [3.8, 4) is 5.75 Å². The predicted octanol–water partition coefficient (Wildman–Crippen LogP) is 1.85. The Balaban J connectivity index is 0.00000324. The molecule has 0 spiro atoms. The highest BCUT2D eigenvalue weighted by molar-refractivity contribution is 5.85. The van der Waals surface area contributed by atoms with Crippen LogP contribution in [0.4, 0.5) is 0 Å². The summed E-state index contributed by atoms with van der Waals surface area (Å²) in [4.78, 5) is 11.6. The fourth-order valence-corrected chi connectivity index (χ4v) is 1.74. The third kappa shape index (κ3) is 7.03. The SMILES string of the molecule is CC(C)C[C@H](N)C(=O)NCCc1ccc(O)cc1.Cl. The van der Waals surface area contributed by atoms with E-state index in [1.165, 1.54) is 0 Å². The first-order valence-corrected chi connectivity index (χ1v) is 6.30. The summed E-state index contributed by atoms with van der Waals surface area (Å²) < 4.78 is 0. The van der Waals surface area contributed by atoms with E-state index in [2.05, 4.69) is 5.32 Å². The molecule has 0 aliphatic rings. The summed E-state index contributed by atoms with van der Waals surface area (Å²) in [6, 6.07) is 6.54. The summed E-state index contributed by atoms with van der Waals surface area (Å²) in [5.41, 5.74) is 6.85. The van der Waals surface area contributed by atoms with Gasteiger partial charge in [-0.25, -0.2) is 0 Å². The van der Waals surface area contributed by atoms with Gasteiger partial charge in [-0.3, -0.25) is 4.79 Å². The van der Waals surface area contributed by atoms with Gasteiger partial charge in [0.1, 0.15) is 5.75 Å². The first kappa shape index (κ1) is 17.7. The minimum Gasteiger partial charge on any atom is -0.508 e. The average Bonchev–Trinajstić information content (AvgIpc) is 2.30. The lowest BCUT2D eigenvalue weighted by Crippen LogP contribution is -2.42. The van der Waals surface area contributed by atoms with Crippen LogP contribution < -0.4 is 11.1 Å². The zero-order valence-corrected chi connectivity index (χ0v) is 12.2. The predicted molar refractivity (Wildman–Crippen MR) is 79.5 cm³/mol. The van der Waals surface area contributed by atoms with Crippen molar-refractivity contribution < 1.29 is 9.90 Å². The Morgan fingerprint density at radius 2 is 1.89 bits per heavy atom. The van der Waals surface area contributed by atoms with Crippen LogP contribution >= 0.6 is 12.4 Å². The Bertz CT molecular complexity index is 380. The Morgan fingerprint density at radius 1 is 1.32 bits per heavy atom. The molecule has 0 aliphatic heterocycles. The molecule has 108 valence electrons. The highest BCUT2D eigenvalue weighted by atomic mass is 35.5. The van der Waals surface area contributed by atoms with Crippen molar-refractivity contribution in [1.82, 2.24) is 5.32 Å². The second-order valence-electron chi connectivity index (χ2n) is 4.94. The monoisotopic (exact) mass is 286 g/mol. The maximum Gasteiger partial charge on any atom is 0.236 e. The molecule has 0 aliphatic carbocycles. The number of phenolic OH excluding ortho intramolecular Hbond substituents is 1. The molecule has 0 fully saturated rings. The molecule has 4 nitrogen and oxygen atoms in total. The summed E-state index contributed by atoms with van der Waals surface area (Å²) in [6.45, 7) is 4.66. The summed E-state index contributed by atoms with van der Waals surface area (Å²) >= 11 is 0. The van der Waals surface area contributed by atoms with Crippen molar-refractivity contribution >= 4 is 18.3 Å². The Kier molecular flexibility index (Phi) is 8.19. The molecule has 1 amide bonds. The molecule has 0 aromatic heterocycles. The fraction of sp³-hybridized carbons (Fsp3) is 0.500.